The molecule has 0 aliphatic carbocycles. The first kappa shape index (κ1) is 14.5. The number of rotatable bonds is 2. The van der Waals surface area contributed by atoms with Gasteiger partial charge in [0.25, 0.3) is 0 Å². The lowest BCUT2D eigenvalue weighted by Gasteiger charge is -2.21. The molecule has 23 heavy (non-hydrogen) atoms. The molecule has 1 aromatic heterocycles. The number of halogens is 1. The van der Waals surface area contributed by atoms with Crippen molar-refractivity contribution in [3.8, 4) is 0 Å². The lowest BCUT2D eigenvalue weighted by Crippen LogP contribution is -2.43. The lowest BCUT2D eigenvalue weighted by atomic mass is 10.0. The first-order valence-electron chi connectivity index (χ1n) is 7.74. The summed E-state index contributed by atoms with van der Waals surface area (Å²) in [6.45, 7) is 0.883. The van der Waals surface area contributed by atoms with Crippen LogP contribution in [0, 0.1) is 5.82 Å². The minimum Gasteiger partial charge on any atom is -0.306 e. The van der Waals surface area contributed by atoms with E-state index in [1.165, 1.54) is 23.5 Å². The van der Waals surface area contributed by atoms with Gasteiger partial charge in [-0.3, -0.25) is 4.79 Å². The van der Waals surface area contributed by atoms with E-state index in [1.807, 2.05) is 12.1 Å². The first-order valence-corrected chi connectivity index (χ1v) is 8.55. The molecule has 3 aromatic rings. The Morgan fingerprint density at radius 1 is 1.30 bits per heavy atom. The second-order valence-electron chi connectivity index (χ2n) is 5.79. The standard InChI is InChI=1S/C17H16FN3OS/c18-11-5-6-12-10(9-11)4-7-13-15(12)23-17(20-13)21-16(22)14-3-1-2-8-19-14/h4-7,9,14,19H,1-3,8H2,(H,20,21,22). The molecule has 1 atom stereocenters. The number of piperidine rings is 1. The van der Waals surface area contributed by atoms with Crippen LogP contribution in [0.25, 0.3) is 21.0 Å². The molecule has 2 heterocycles. The fourth-order valence-electron chi connectivity index (χ4n) is 3.01. The fourth-order valence-corrected chi connectivity index (χ4v) is 4.01. The van der Waals surface area contributed by atoms with Gasteiger partial charge in [0, 0.05) is 5.39 Å². The first-order chi connectivity index (χ1) is 11.2. The van der Waals surface area contributed by atoms with Crippen LogP contribution in [0.3, 0.4) is 0 Å². The molecule has 0 radical (unpaired) electrons. The van der Waals surface area contributed by atoms with Gasteiger partial charge in [-0.05, 0) is 49.0 Å². The highest BCUT2D eigenvalue weighted by atomic mass is 32.1. The van der Waals surface area contributed by atoms with Crippen molar-refractivity contribution in [2.45, 2.75) is 25.3 Å². The Balaban J connectivity index is 1.66. The number of amides is 1. The number of fused-ring (bicyclic) bond motifs is 3. The summed E-state index contributed by atoms with van der Waals surface area (Å²) in [6, 6.07) is 8.31. The van der Waals surface area contributed by atoms with Crippen LogP contribution < -0.4 is 10.6 Å². The van der Waals surface area contributed by atoms with Gasteiger partial charge in [0.1, 0.15) is 5.82 Å². The van der Waals surface area contributed by atoms with E-state index in [9.17, 15) is 9.18 Å². The van der Waals surface area contributed by atoms with Gasteiger partial charge in [0.15, 0.2) is 5.13 Å². The van der Waals surface area contributed by atoms with Crippen LogP contribution in [0.4, 0.5) is 9.52 Å². The smallest absolute Gasteiger partial charge is 0.243 e. The normalized spacial score (nSPS) is 18.4. The predicted molar refractivity (Wildman–Crippen MR) is 91.4 cm³/mol. The minimum atomic E-state index is -0.252. The van der Waals surface area contributed by atoms with Crippen LogP contribution in [-0.2, 0) is 4.79 Å². The third-order valence-corrected chi connectivity index (χ3v) is 5.21. The molecular formula is C17H16FN3OS. The largest absolute Gasteiger partial charge is 0.306 e. The number of hydrogen-bond donors (Lipinski definition) is 2. The van der Waals surface area contributed by atoms with Crippen molar-refractivity contribution in [3.05, 3.63) is 36.1 Å². The molecule has 1 aliphatic heterocycles. The van der Waals surface area contributed by atoms with Gasteiger partial charge in [-0.25, -0.2) is 9.37 Å². The second kappa shape index (κ2) is 5.86. The van der Waals surface area contributed by atoms with Crippen molar-refractivity contribution in [2.75, 3.05) is 11.9 Å². The van der Waals surface area contributed by atoms with Crippen LogP contribution in [0.1, 0.15) is 19.3 Å². The SMILES string of the molecule is O=C(Nc1nc2ccc3cc(F)ccc3c2s1)C1CCCCN1. The van der Waals surface area contributed by atoms with Crippen molar-refractivity contribution < 1.29 is 9.18 Å². The summed E-state index contributed by atoms with van der Waals surface area (Å²) in [5.74, 6) is -0.280. The Kier molecular flexibility index (Phi) is 3.71. The molecule has 2 aromatic carbocycles. The Morgan fingerprint density at radius 3 is 3.04 bits per heavy atom. The summed E-state index contributed by atoms with van der Waals surface area (Å²) in [6.07, 6.45) is 3.05. The summed E-state index contributed by atoms with van der Waals surface area (Å²) < 4.78 is 14.3. The van der Waals surface area contributed by atoms with Crippen LogP contribution >= 0.6 is 11.3 Å². The summed E-state index contributed by atoms with van der Waals surface area (Å²) in [7, 11) is 0. The number of aromatic nitrogens is 1. The highest BCUT2D eigenvalue weighted by molar-refractivity contribution is 7.23. The number of anilines is 1. The molecule has 6 heteroatoms. The van der Waals surface area contributed by atoms with E-state index in [0.29, 0.717) is 5.13 Å². The second-order valence-corrected chi connectivity index (χ2v) is 6.79. The summed E-state index contributed by atoms with van der Waals surface area (Å²) >= 11 is 1.43. The maximum Gasteiger partial charge on any atom is 0.243 e. The van der Waals surface area contributed by atoms with Crippen molar-refractivity contribution in [2.24, 2.45) is 0 Å². The quantitative estimate of drug-likeness (QED) is 0.754. The number of benzene rings is 2. The summed E-state index contributed by atoms with van der Waals surface area (Å²) in [4.78, 5) is 16.8. The average Bonchev–Trinajstić information content (AvgIpc) is 2.98. The number of thiazole rings is 1. The zero-order valence-corrected chi connectivity index (χ0v) is 13.3. The van der Waals surface area contributed by atoms with Gasteiger partial charge in [0.05, 0.1) is 16.3 Å². The van der Waals surface area contributed by atoms with Crippen molar-refractivity contribution in [1.82, 2.24) is 10.3 Å². The van der Waals surface area contributed by atoms with E-state index in [1.54, 1.807) is 6.07 Å². The van der Waals surface area contributed by atoms with E-state index in [0.717, 1.165) is 46.8 Å². The molecular weight excluding hydrogens is 313 g/mol. The summed E-state index contributed by atoms with van der Waals surface area (Å²) in [5, 5.41) is 8.53. The highest BCUT2D eigenvalue weighted by Gasteiger charge is 2.21. The maximum absolute atomic E-state index is 13.3. The van der Waals surface area contributed by atoms with E-state index in [4.69, 9.17) is 0 Å². The van der Waals surface area contributed by atoms with E-state index in [-0.39, 0.29) is 17.8 Å². The van der Waals surface area contributed by atoms with Gasteiger partial charge in [-0.2, -0.15) is 0 Å². The lowest BCUT2D eigenvalue weighted by molar-refractivity contribution is -0.118. The molecule has 1 aliphatic rings. The fraction of sp³-hybridized carbons (Fsp3) is 0.294. The predicted octanol–water partition coefficient (Wildman–Crippen LogP) is 3.67. The number of carbonyl (C=O) groups excluding carboxylic acids is 1. The average molecular weight is 329 g/mol. The van der Waals surface area contributed by atoms with Crippen molar-refractivity contribution >= 4 is 43.4 Å². The minimum absolute atomic E-state index is 0.0286. The molecule has 1 amide bonds. The topological polar surface area (TPSA) is 54.0 Å². The Bertz CT molecular complexity index is 886. The van der Waals surface area contributed by atoms with E-state index in [2.05, 4.69) is 15.6 Å². The Labute approximate surface area is 136 Å². The molecule has 4 nitrogen and oxygen atoms in total. The third-order valence-electron chi connectivity index (χ3n) is 4.19. The third kappa shape index (κ3) is 2.80. The molecule has 118 valence electrons. The molecule has 0 saturated carbocycles. The maximum atomic E-state index is 13.3. The Hall–Kier alpha value is -2.05. The van der Waals surface area contributed by atoms with E-state index >= 15 is 0 Å². The van der Waals surface area contributed by atoms with Crippen LogP contribution in [0.2, 0.25) is 0 Å². The zero-order chi connectivity index (χ0) is 15.8. The van der Waals surface area contributed by atoms with Gasteiger partial charge in [0.2, 0.25) is 5.91 Å². The van der Waals surface area contributed by atoms with Gasteiger partial charge in [-0.1, -0.05) is 23.8 Å². The van der Waals surface area contributed by atoms with Crippen molar-refractivity contribution in [3.63, 3.8) is 0 Å². The molecule has 1 saturated heterocycles. The number of carbonyl (C=O) groups is 1. The van der Waals surface area contributed by atoms with Crippen molar-refractivity contribution in [1.29, 1.82) is 0 Å². The van der Waals surface area contributed by atoms with Gasteiger partial charge in [-0.15, -0.1) is 0 Å². The molecule has 1 fully saturated rings. The highest BCUT2D eigenvalue weighted by Crippen LogP contribution is 2.33. The van der Waals surface area contributed by atoms with Crippen LogP contribution in [0.5, 0.6) is 0 Å². The van der Waals surface area contributed by atoms with Crippen LogP contribution in [0.15, 0.2) is 30.3 Å². The number of nitrogens with one attached hydrogen (secondary N) is 2. The van der Waals surface area contributed by atoms with Crippen LogP contribution in [-0.4, -0.2) is 23.5 Å². The van der Waals surface area contributed by atoms with Gasteiger partial charge < -0.3 is 10.6 Å². The molecule has 2 N–H and O–H groups in total. The number of hydrogen-bond acceptors (Lipinski definition) is 4. The van der Waals surface area contributed by atoms with E-state index < -0.39 is 0 Å². The Morgan fingerprint density at radius 2 is 2.22 bits per heavy atom. The molecule has 0 spiro atoms. The number of nitrogens with zero attached hydrogens (tertiary/aromatic N) is 1. The molecule has 4 rings (SSSR count). The zero-order valence-electron chi connectivity index (χ0n) is 12.4. The molecule has 1 unspecified atom stereocenters. The monoisotopic (exact) mass is 329 g/mol. The molecule has 0 bridgehead atoms. The summed E-state index contributed by atoms with van der Waals surface area (Å²) in [5.41, 5.74) is 0.820. The van der Waals surface area contributed by atoms with Gasteiger partial charge >= 0.3 is 0 Å².